The van der Waals surface area contributed by atoms with Gasteiger partial charge in [-0.15, -0.1) is 11.3 Å². The van der Waals surface area contributed by atoms with Gasteiger partial charge in [-0.25, -0.2) is 4.98 Å². The molecule has 1 saturated heterocycles. The van der Waals surface area contributed by atoms with Crippen molar-refractivity contribution in [3.8, 4) is 5.75 Å². The van der Waals surface area contributed by atoms with Crippen LogP contribution < -0.4 is 15.8 Å². The number of aromatic nitrogens is 1. The SMILES string of the molecule is Cc1nc(CN2CCC(CN=C(N)Nc3ccc(OC(C)C)cc3)CC2)cs1. The number of hydrogen-bond acceptors (Lipinski definition) is 5. The van der Waals surface area contributed by atoms with Gasteiger partial charge in [0, 0.05) is 24.2 Å². The molecule has 1 aromatic carbocycles. The van der Waals surface area contributed by atoms with E-state index in [9.17, 15) is 0 Å². The van der Waals surface area contributed by atoms with E-state index in [0.29, 0.717) is 11.9 Å². The molecule has 3 N–H and O–H groups in total. The molecule has 1 aromatic heterocycles. The van der Waals surface area contributed by atoms with Gasteiger partial charge in [-0.2, -0.15) is 0 Å². The molecule has 7 heteroatoms. The van der Waals surface area contributed by atoms with E-state index in [1.165, 1.54) is 5.69 Å². The van der Waals surface area contributed by atoms with Crippen molar-refractivity contribution < 1.29 is 4.74 Å². The van der Waals surface area contributed by atoms with Crippen LogP contribution in [0.25, 0.3) is 0 Å². The fourth-order valence-electron chi connectivity index (χ4n) is 3.34. The van der Waals surface area contributed by atoms with E-state index in [1.54, 1.807) is 11.3 Å². The van der Waals surface area contributed by atoms with Crippen LogP contribution in [0.15, 0.2) is 34.6 Å². The van der Waals surface area contributed by atoms with E-state index in [2.05, 4.69) is 32.5 Å². The number of likely N-dealkylation sites (tertiary alicyclic amines) is 1. The molecule has 0 bridgehead atoms. The van der Waals surface area contributed by atoms with E-state index < -0.39 is 0 Å². The number of hydrogen-bond donors (Lipinski definition) is 2. The van der Waals surface area contributed by atoms with Gasteiger partial charge in [0.15, 0.2) is 5.96 Å². The lowest BCUT2D eigenvalue weighted by Crippen LogP contribution is -2.34. The summed E-state index contributed by atoms with van der Waals surface area (Å²) < 4.78 is 5.65. The maximum absolute atomic E-state index is 6.06. The van der Waals surface area contributed by atoms with Crippen molar-refractivity contribution >= 4 is 23.0 Å². The predicted molar refractivity (Wildman–Crippen MR) is 117 cm³/mol. The maximum Gasteiger partial charge on any atom is 0.193 e. The van der Waals surface area contributed by atoms with E-state index in [0.717, 1.165) is 55.5 Å². The minimum atomic E-state index is 0.169. The van der Waals surface area contributed by atoms with Crippen LogP contribution in [0.2, 0.25) is 0 Å². The van der Waals surface area contributed by atoms with Crippen molar-refractivity contribution in [2.45, 2.75) is 46.3 Å². The fourth-order valence-corrected chi connectivity index (χ4v) is 3.94. The summed E-state index contributed by atoms with van der Waals surface area (Å²) in [6.45, 7) is 10.0. The van der Waals surface area contributed by atoms with Crippen molar-refractivity contribution in [1.82, 2.24) is 9.88 Å². The number of anilines is 1. The van der Waals surface area contributed by atoms with Crippen LogP contribution in [0.5, 0.6) is 5.75 Å². The van der Waals surface area contributed by atoms with Crippen molar-refractivity contribution in [2.75, 3.05) is 25.0 Å². The summed E-state index contributed by atoms with van der Waals surface area (Å²) in [5.74, 6) is 1.92. The molecule has 0 radical (unpaired) electrons. The average molecular weight is 402 g/mol. The Morgan fingerprint density at radius 1 is 1.32 bits per heavy atom. The molecule has 2 heterocycles. The van der Waals surface area contributed by atoms with E-state index >= 15 is 0 Å². The van der Waals surface area contributed by atoms with Gasteiger partial charge in [-0.1, -0.05) is 0 Å². The zero-order chi connectivity index (χ0) is 19.9. The third kappa shape index (κ3) is 6.49. The summed E-state index contributed by atoms with van der Waals surface area (Å²) in [5.41, 5.74) is 8.18. The highest BCUT2D eigenvalue weighted by molar-refractivity contribution is 7.09. The number of ether oxygens (including phenoxy) is 1. The van der Waals surface area contributed by atoms with Crippen LogP contribution in [0.1, 0.15) is 37.4 Å². The molecule has 2 aromatic rings. The minimum absolute atomic E-state index is 0.169. The average Bonchev–Trinajstić information content (AvgIpc) is 3.07. The van der Waals surface area contributed by atoms with Gasteiger partial charge in [0.2, 0.25) is 0 Å². The third-order valence-electron chi connectivity index (χ3n) is 4.78. The number of rotatable bonds is 7. The lowest BCUT2D eigenvalue weighted by Gasteiger charge is -2.30. The topological polar surface area (TPSA) is 75.8 Å². The number of nitrogens with two attached hydrogens (primary N) is 1. The quantitative estimate of drug-likeness (QED) is 0.544. The van der Waals surface area contributed by atoms with Gasteiger partial charge < -0.3 is 15.8 Å². The summed E-state index contributed by atoms with van der Waals surface area (Å²) >= 11 is 1.73. The van der Waals surface area contributed by atoms with E-state index in [1.807, 2.05) is 38.1 Å². The number of aliphatic imine (C=N–C) groups is 1. The summed E-state index contributed by atoms with van der Waals surface area (Å²) in [4.78, 5) is 11.6. The lowest BCUT2D eigenvalue weighted by molar-refractivity contribution is 0.179. The molecule has 0 spiro atoms. The number of nitrogens with zero attached hydrogens (tertiary/aromatic N) is 3. The molecule has 6 nitrogen and oxygen atoms in total. The van der Waals surface area contributed by atoms with E-state index in [-0.39, 0.29) is 6.10 Å². The Balaban J connectivity index is 1.40. The Hall–Kier alpha value is -2.12. The third-order valence-corrected chi connectivity index (χ3v) is 5.60. The van der Waals surface area contributed by atoms with Gasteiger partial charge in [0.25, 0.3) is 0 Å². The first-order valence-corrected chi connectivity index (χ1v) is 10.8. The van der Waals surface area contributed by atoms with Gasteiger partial charge in [0.1, 0.15) is 5.75 Å². The molecular formula is C21H31N5OS. The van der Waals surface area contributed by atoms with Gasteiger partial charge in [-0.3, -0.25) is 9.89 Å². The zero-order valence-electron chi connectivity index (χ0n) is 17.0. The predicted octanol–water partition coefficient (Wildman–Crippen LogP) is 3.88. The van der Waals surface area contributed by atoms with Gasteiger partial charge in [-0.05, 0) is 76.9 Å². The number of aryl methyl sites for hydroxylation is 1. The maximum atomic E-state index is 6.06. The van der Waals surface area contributed by atoms with Crippen LogP contribution in [-0.4, -0.2) is 41.6 Å². The molecule has 0 atom stereocenters. The largest absolute Gasteiger partial charge is 0.491 e. The highest BCUT2D eigenvalue weighted by Crippen LogP contribution is 2.20. The van der Waals surface area contributed by atoms with E-state index in [4.69, 9.17) is 10.5 Å². The number of benzene rings is 1. The Morgan fingerprint density at radius 3 is 2.64 bits per heavy atom. The fraction of sp³-hybridized carbons (Fsp3) is 0.524. The van der Waals surface area contributed by atoms with Crippen LogP contribution >= 0.6 is 11.3 Å². The molecule has 152 valence electrons. The number of nitrogens with one attached hydrogen (secondary N) is 1. The lowest BCUT2D eigenvalue weighted by atomic mass is 9.97. The molecule has 0 amide bonds. The first-order valence-electron chi connectivity index (χ1n) is 9.95. The summed E-state index contributed by atoms with van der Waals surface area (Å²) in [6, 6.07) is 7.79. The molecule has 0 saturated carbocycles. The Morgan fingerprint density at radius 2 is 2.04 bits per heavy atom. The Labute approximate surface area is 171 Å². The summed E-state index contributed by atoms with van der Waals surface area (Å²) in [6.07, 6.45) is 2.48. The number of guanidine groups is 1. The Bertz CT molecular complexity index is 763. The molecule has 3 rings (SSSR count). The second kappa shape index (κ2) is 9.89. The molecule has 1 aliphatic rings. The van der Waals surface area contributed by atoms with Crippen molar-refractivity contribution in [1.29, 1.82) is 0 Å². The number of thiazole rings is 1. The van der Waals surface area contributed by atoms with Gasteiger partial charge in [0.05, 0.1) is 16.8 Å². The smallest absolute Gasteiger partial charge is 0.193 e. The first kappa shape index (κ1) is 20.6. The molecular weight excluding hydrogens is 370 g/mol. The second-order valence-electron chi connectivity index (χ2n) is 7.62. The van der Waals surface area contributed by atoms with Crippen molar-refractivity contribution in [3.05, 3.63) is 40.3 Å². The first-order chi connectivity index (χ1) is 13.5. The molecule has 0 aliphatic carbocycles. The Kier molecular flexibility index (Phi) is 7.28. The molecule has 28 heavy (non-hydrogen) atoms. The van der Waals surface area contributed by atoms with Crippen LogP contribution in [0.3, 0.4) is 0 Å². The minimum Gasteiger partial charge on any atom is -0.491 e. The molecule has 0 unspecified atom stereocenters. The monoisotopic (exact) mass is 401 g/mol. The van der Waals surface area contributed by atoms with Crippen molar-refractivity contribution in [2.24, 2.45) is 16.6 Å². The van der Waals surface area contributed by atoms with Crippen LogP contribution in [0, 0.1) is 12.8 Å². The van der Waals surface area contributed by atoms with Gasteiger partial charge >= 0.3 is 0 Å². The van der Waals surface area contributed by atoms with Crippen LogP contribution in [-0.2, 0) is 6.54 Å². The second-order valence-corrected chi connectivity index (χ2v) is 8.68. The summed E-state index contributed by atoms with van der Waals surface area (Å²) in [5, 5.41) is 6.47. The highest BCUT2D eigenvalue weighted by Gasteiger charge is 2.19. The number of piperidine rings is 1. The van der Waals surface area contributed by atoms with Crippen molar-refractivity contribution in [3.63, 3.8) is 0 Å². The zero-order valence-corrected chi connectivity index (χ0v) is 17.8. The van der Waals surface area contributed by atoms with Crippen LogP contribution in [0.4, 0.5) is 5.69 Å². The molecule has 1 aliphatic heterocycles. The summed E-state index contributed by atoms with van der Waals surface area (Å²) in [7, 11) is 0. The normalized spacial score (nSPS) is 16.5. The highest BCUT2D eigenvalue weighted by atomic mass is 32.1. The standard InChI is InChI=1S/C21H31N5OS/c1-15(2)27-20-6-4-18(5-7-20)25-21(22)23-12-17-8-10-26(11-9-17)13-19-14-28-16(3)24-19/h4-7,14-15,17H,8-13H2,1-3H3,(H3,22,23,25). The molecule has 1 fully saturated rings.